The Morgan fingerprint density at radius 3 is 2.35 bits per heavy atom. The molecule has 5 N–H and O–H groups in total. The average Bonchev–Trinajstić information content (AvgIpc) is 2.80. The number of rotatable bonds is 7. The van der Waals surface area contributed by atoms with E-state index in [1.165, 1.54) is 18.2 Å². The molecule has 1 aromatic carbocycles. The molecule has 182 valence electrons. The monoisotopic (exact) mass is 476 g/mol. The third-order valence-corrected chi connectivity index (χ3v) is 5.13. The molecule has 11 nitrogen and oxygen atoms in total. The number of carbonyl (C=O) groups is 3. The van der Waals surface area contributed by atoms with Gasteiger partial charge in [-0.25, -0.2) is 4.79 Å². The molecule has 2 aliphatic rings. The smallest absolute Gasteiger partial charge is 0.331 e. The summed E-state index contributed by atoms with van der Waals surface area (Å²) in [5.41, 5.74) is -1.13. The highest BCUT2D eigenvalue weighted by Crippen LogP contribution is 2.24. The van der Waals surface area contributed by atoms with E-state index in [1.54, 1.807) is 12.1 Å². The number of aromatic hydroxyl groups is 1. The summed E-state index contributed by atoms with van der Waals surface area (Å²) in [7, 11) is 0. The number of allylic oxidation sites excluding steroid dienone is 2. The van der Waals surface area contributed by atoms with Gasteiger partial charge in [-0.15, -0.1) is 0 Å². The Hall–Kier alpha value is -3.35. The molecule has 1 fully saturated rings. The minimum Gasteiger partial charge on any atom is -0.508 e. The van der Waals surface area contributed by atoms with Gasteiger partial charge in [-0.05, 0) is 48.1 Å². The van der Waals surface area contributed by atoms with E-state index < -0.39 is 61.3 Å². The zero-order valence-corrected chi connectivity index (χ0v) is 17.8. The topological polar surface area (TPSA) is 180 Å². The first-order chi connectivity index (χ1) is 16.1. The summed E-state index contributed by atoms with van der Waals surface area (Å²) >= 11 is 0. The van der Waals surface area contributed by atoms with Crippen molar-refractivity contribution in [3.63, 3.8) is 0 Å². The van der Waals surface area contributed by atoms with Crippen LogP contribution in [0.5, 0.6) is 5.75 Å². The summed E-state index contributed by atoms with van der Waals surface area (Å²) in [6, 6.07) is 5.92. The molecule has 1 aliphatic carbocycles. The number of hydrogen-bond donors (Lipinski definition) is 5. The molecule has 11 heteroatoms. The highest BCUT2D eigenvalue weighted by Gasteiger charge is 2.46. The third kappa shape index (κ3) is 6.59. The minimum atomic E-state index is -1.83. The van der Waals surface area contributed by atoms with Crippen LogP contribution in [0.1, 0.15) is 12.0 Å². The van der Waals surface area contributed by atoms with Gasteiger partial charge in [-0.2, -0.15) is 0 Å². The molecule has 0 radical (unpaired) electrons. The first kappa shape index (κ1) is 25.3. The maximum atomic E-state index is 12.0. The summed E-state index contributed by atoms with van der Waals surface area (Å²) in [5.74, 6) is -2.11. The molecule has 0 saturated carbocycles. The summed E-state index contributed by atoms with van der Waals surface area (Å²) in [5, 5.41) is 50.2. The van der Waals surface area contributed by atoms with Gasteiger partial charge in [0, 0.05) is 6.08 Å². The van der Waals surface area contributed by atoms with Crippen LogP contribution in [0.4, 0.5) is 0 Å². The number of phenolic OH excluding ortho intramolecular Hbond substituents is 1. The van der Waals surface area contributed by atoms with Crippen LogP contribution in [0.3, 0.4) is 0 Å². The Bertz CT molecular complexity index is 979. The quantitative estimate of drug-likeness (QED) is 0.243. The van der Waals surface area contributed by atoms with E-state index >= 15 is 0 Å². The van der Waals surface area contributed by atoms with Gasteiger partial charge < -0.3 is 39.7 Å². The molecule has 5 atom stereocenters. The fourth-order valence-electron chi connectivity index (χ4n) is 3.25. The van der Waals surface area contributed by atoms with Crippen molar-refractivity contribution in [2.75, 3.05) is 6.61 Å². The molecular formula is C23H24O11. The first-order valence-corrected chi connectivity index (χ1v) is 10.2. The van der Waals surface area contributed by atoms with E-state index in [-0.39, 0.29) is 11.5 Å². The first-order valence-electron chi connectivity index (χ1n) is 10.2. The van der Waals surface area contributed by atoms with Crippen LogP contribution < -0.4 is 0 Å². The number of aliphatic hydroxyl groups is 4. The van der Waals surface area contributed by atoms with Crippen LogP contribution in [0, 0.1) is 0 Å². The number of hydrogen-bond acceptors (Lipinski definition) is 11. The van der Waals surface area contributed by atoms with E-state index in [1.807, 2.05) is 0 Å². The van der Waals surface area contributed by atoms with Gasteiger partial charge in [0.2, 0.25) is 0 Å². The van der Waals surface area contributed by atoms with Crippen LogP contribution >= 0.6 is 0 Å². The molecule has 1 heterocycles. The van der Waals surface area contributed by atoms with Gasteiger partial charge in [-0.1, -0.05) is 12.1 Å². The second-order valence-corrected chi connectivity index (χ2v) is 7.79. The van der Waals surface area contributed by atoms with Crippen molar-refractivity contribution < 1.29 is 54.1 Å². The SMILES string of the molecule is O=C1C=CC(O)(CC(=O)OC[C@H]2O[C@@H](O)[C@H](OC(=O)/C=C/c3ccc(O)cc3)[C@@H](O)[C@@H]2O)C=C1. The van der Waals surface area contributed by atoms with E-state index in [2.05, 4.69) is 0 Å². The number of ketones is 1. The van der Waals surface area contributed by atoms with Crippen molar-refractivity contribution in [3.8, 4) is 5.75 Å². The van der Waals surface area contributed by atoms with Gasteiger partial charge >= 0.3 is 11.9 Å². The maximum absolute atomic E-state index is 12.0. The Kier molecular flexibility index (Phi) is 7.97. The number of ether oxygens (including phenoxy) is 3. The summed E-state index contributed by atoms with van der Waals surface area (Å²) in [4.78, 5) is 35.2. The lowest BCUT2D eigenvalue weighted by Crippen LogP contribution is -2.60. The number of aliphatic hydroxyl groups excluding tert-OH is 3. The molecule has 3 rings (SSSR count). The summed E-state index contributed by atoms with van der Waals surface area (Å²) < 4.78 is 15.1. The Balaban J connectivity index is 1.50. The third-order valence-electron chi connectivity index (χ3n) is 5.13. The molecule has 0 amide bonds. The highest BCUT2D eigenvalue weighted by molar-refractivity contribution is 6.00. The standard InChI is InChI=1S/C23H24O11/c24-14-4-1-13(2-5-14)3-6-17(26)34-21-20(29)19(28)16(33-22(21)30)12-32-18(27)11-23(31)9-7-15(25)8-10-23/h1-10,16,19-22,24,28-31H,11-12H2/b6-3+/t16-,19-,20+,21-,22-/m1/s1. The van der Waals surface area contributed by atoms with Gasteiger partial charge in [0.05, 0.1) is 6.42 Å². The van der Waals surface area contributed by atoms with Crippen molar-refractivity contribution >= 4 is 23.8 Å². The summed E-state index contributed by atoms with van der Waals surface area (Å²) in [6.07, 6.45) is -1.83. The van der Waals surface area contributed by atoms with Gasteiger partial charge in [-0.3, -0.25) is 9.59 Å². The zero-order valence-electron chi connectivity index (χ0n) is 17.8. The second-order valence-electron chi connectivity index (χ2n) is 7.79. The lowest BCUT2D eigenvalue weighted by molar-refractivity contribution is -0.290. The van der Waals surface area contributed by atoms with Crippen LogP contribution in [0.15, 0.2) is 54.6 Å². The average molecular weight is 476 g/mol. The lowest BCUT2D eigenvalue weighted by atomic mass is 9.94. The number of esters is 2. The molecule has 0 unspecified atom stereocenters. The van der Waals surface area contributed by atoms with Crippen LogP contribution in [0.2, 0.25) is 0 Å². The number of benzene rings is 1. The largest absolute Gasteiger partial charge is 0.508 e. The van der Waals surface area contributed by atoms with Crippen molar-refractivity contribution in [2.45, 2.75) is 42.7 Å². The van der Waals surface area contributed by atoms with E-state index in [0.29, 0.717) is 5.56 Å². The zero-order chi connectivity index (χ0) is 24.9. The fourth-order valence-corrected chi connectivity index (χ4v) is 3.25. The second kappa shape index (κ2) is 10.7. The maximum Gasteiger partial charge on any atom is 0.331 e. The molecule has 1 saturated heterocycles. The van der Waals surface area contributed by atoms with Crippen molar-refractivity contribution in [1.82, 2.24) is 0 Å². The minimum absolute atomic E-state index is 0.0505. The Labute approximate surface area is 193 Å². The molecule has 34 heavy (non-hydrogen) atoms. The van der Waals surface area contributed by atoms with E-state index in [0.717, 1.165) is 30.4 Å². The van der Waals surface area contributed by atoms with Crippen molar-refractivity contribution in [3.05, 3.63) is 60.2 Å². The predicted octanol–water partition coefficient (Wildman–Crippen LogP) is -0.884. The normalized spacial score (nSPS) is 28.1. The molecule has 1 aromatic rings. The highest BCUT2D eigenvalue weighted by atomic mass is 16.7. The van der Waals surface area contributed by atoms with Crippen LogP contribution in [-0.4, -0.2) is 86.2 Å². The van der Waals surface area contributed by atoms with Crippen molar-refractivity contribution in [1.29, 1.82) is 0 Å². The van der Waals surface area contributed by atoms with E-state index in [9.17, 15) is 39.9 Å². The molecular weight excluding hydrogens is 452 g/mol. The van der Waals surface area contributed by atoms with Gasteiger partial charge in [0.1, 0.15) is 36.3 Å². The lowest BCUT2D eigenvalue weighted by Gasteiger charge is -2.39. The fraction of sp³-hybridized carbons (Fsp3) is 0.348. The van der Waals surface area contributed by atoms with Gasteiger partial charge in [0.15, 0.2) is 18.2 Å². The predicted molar refractivity (Wildman–Crippen MR) is 114 cm³/mol. The van der Waals surface area contributed by atoms with Crippen LogP contribution in [-0.2, 0) is 28.6 Å². The van der Waals surface area contributed by atoms with Crippen LogP contribution in [0.25, 0.3) is 6.08 Å². The molecule has 0 bridgehead atoms. The van der Waals surface area contributed by atoms with E-state index in [4.69, 9.17) is 14.2 Å². The Morgan fingerprint density at radius 2 is 1.71 bits per heavy atom. The summed E-state index contributed by atoms with van der Waals surface area (Å²) in [6.45, 7) is -0.571. The number of carbonyl (C=O) groups excluding carboxylic acids is 3. The molecule has 1 aliphatic heterocycles. The van der Waals surface area contributed by atoms with Crippen molar-refractivity contribution in [2.24, 2.45) is 0 Å². The number of phenols is 1. The Morgan fingerprint density at radius 1 is 1.06 bits per heavy atom. The van der Waals surface area contributed by atoms with Gasteiger partial charge in [0.25, 0.3) is 0 Å². The molecule has 0 spiro atoms. The molecule has 0 aromatic heterocycles.